The van der Waals surface area contributed by atoms with E-state index < -0.39 is 11.9 Å². The number of hydrogen-bond donors (Lipinski definition) is 1. The maximum absolute atomic E-state index is 13.2. The number of nitrogens with two attached hydrogens (primary N) is 1. The van der Waals surface area contributed by atoms with Gasteiger partial charge < -0.3 is 5.73 Å². The normalized spacial score (nSPS) is 12.6. The molecule has 0 bridgehead atoms. The summed E-state index contributed by atoms with van der Waals surface area (Å²) in [5.74, 6) is -0.466. The highest BCUT2D eigenvalue weighted by Crippen LogP contribution is 2.22. The van der Waals surface area contributed by atoms with Crippen LogP contribution in [0.4, 0.5) is 4.39 Å². The van der Waals surface area contributed by atoms with Crippen LogP contribution in [0.15, 0.2) is 30.9 Å². The molecule has 0 spiro atoms. The molecule has 12 heavy (non-hydrogen) atoms. The quantitative estimate of drug-likeness (QED) is 0.705. The molecule has 0 radical (unpaired) electrons. The molecule has 1 aromatic rings. The Labute approximate surface area is 75.6 Å². The fourth-order valence-electron chi connectivity index (χ4n) is 0.905. The average molecular weight is 186 g/mol. The van der Waals surface area contributed by atoms with E-state index in [1.165, 1.54) is 12.1 Å². The lowest BCUT2D eigenvalue weighted by molar-refractivity contribution is 0.603. The molecule has 0 aromatic heterocycles. The summed E-state index contributed by atoms with van der Waals surface area (Å²) < 4.78 is 13.2. The van der Waals surface area contributed by atoms with Crippen LogP contribution in [0.2, 0.25) is 5.02 Å². The Hall–Kier alpha value is -0.860. The highest BCUT2D eigenvalue weighted by atomic mass is 35.5. The molecule has 0 aliphatic heterocycles. The molecule has 64 valence electrons. The third kappa shape index (κ3) is 1.65. The summed E-state index contributed by atoms with van der Waals surface area (Å²) >= 11 is 5.55. The fourth-order valence-corrected chi connectivity index (χ4v) is 1.09. The van der Waals surface area contributed by atoms with E-state index in [2.05, 4.69) is 6.58 Å². The zero-order valence-electron chi connectivity index (χ0n) is 6.43. The molecular formula is C9H9ClFN. The van der Waals surface area contributed by atoms with E-state index in [0.29, 0.717) is 5.56 Å². The summed E-state index contributed by atoms with van der Waals surface area (Å²) in [5, 5.41) is 0.0878. The van der Waals surface area contributed by atoms with Crippen LogP contribution in [0.3, 0.4) is 0 Å². The summed E-state index contributed by atoms with van der Waals surface area (Å²) in [7, 11) is 0. The average Bonchev–Trinajstić information content (AvgIpc) is 2.08. The first kappa shape index (κ1) is 9.23. The van der Waals surface area contributed by atoms with Gasteiger partial charge in [-0.25, -0.2) is 4.39 Å². The first-order chi connectivity index (χ1) is 5.66. The van der Waals surface area contributed by atoms with Crippen molar-refractivity contribution in [3.8, 4) is 0 Å². The van der Waals surface area contributed by atoms with Gasteiger partial charge in [-0.05, 0) is 6.07 Å². The van der Waals surface area contributed by atoms with Crippen molar-refractivity contribution in [2.75, 3.05) is 0 Å². The minimum Gasteiger partial charge on any atom is -0.321 e. The summed E-state index contributed by atoms with van der Waals surface area (Å²) in [4.78, 5) is 0. The van der Waals surface area contributed by atoms with Crippen molar-refractivity contribution in [1.82, 2.24) is 0 Å². The maximum atomic E-state index is 13.2. The Morgan fingerprint density at radius 2 is 2.25 bits per heavy atom. The van der Waals surface area contributed by atoms with Crippen LogP contribution in [0, 0.1) is 5.82 Å². The topological polar surface area (TPSA) is 26.0 Å². The van der Waals surface area contributed by atoms with Crippen LogP contribution >= 0.6 is 11.6 Å². The molecule has 1 nitrogen and oxygen atoms in total. The summed E-state index contributed by atoms with van der Waals surface area (Å²) in [6.45, 7) is 3.47. The van der Waals surface area contributed by atoms with Gasteiger partial charge in [-0.15, -0.1) is 6.58 Å². The van der Waals surface area contributed by atoms with Crippen molar-refractivity contribution < 1.29 is 4.39 Å². The second-order valence-corrected chi connectivity index (χ2v) is 2.81. The SMILES string of the molecule is C=CC(N)c1cccc(Cl)c1F. The van der Waals surface area contributed by atoms with Crippen LogP contribution in [0.25, 0.3) is 0 Å². The maximum Gasteiger partial charge on any atom is 0.146 e. The lowest BCUT2D eigenvalue weighted by Gasteiger charge is -2.07. The zero-order chi connectivity index (χ0) is 9.14. The van der Waals surface area contributed by atoms with Gasteiger partial charge in [-0.3, -0.25) is 0 Å². The van der Waals surface area contributed by atoms with Gasteiger partial charge in [0.25, 0.3) is 0 Å². The van der Waals surface area contributed by atoms with Crippen LogP contribution in [0.5, 0.6) is 0 Å². The lowest BCUT2D eigenvalue weighted by Crippen LogP contribution is -2.08. The molecule has 0 saturated heterocycles. The second kappa shape index (κ2) is 3.70. The molecule has 0 aliphatic rings. The van der Waals surface area contributed by atoms with Crippen molar-refractivity contribution in [1.29, 1.82) is 0 Å². The van der Waals surface area contributed by atoms with Gasteiger partial charge in [0.05, 0.1) is 11.1 Å². The van der Waals surface area contributed by atoms with Crippen molar-refractivity contribution in [2.24, 2.45) is 5.73 Å². The lowest BCUT2D eigenvalue weighted by atomic mass is 10.1. The Kier molecular flexibility index (Phi) is 2.84. The third-order valence-corrected chi connectivity index (χ3v) is 1.89. The summed E-state index contributed by atoms with van der Waals surface area (Å²) in [6.07, 6.45) is 1.47. The predicted molar refractivity (Wildman–Crippen MR) is 48.5 cm³/mol. The fraction of sp³-hybridized carbons (Fsp3) is 0.111. The van der Waals surface area contributed by atoms with Crippen LogP contribution in [-0.4, -0.2) is 0 Å². The van der Waals surface area contributed by atoms with E-state index in [1.807, 2.05) is 0 Å². The molecule has 0 amide bonds. The molecule has 0 fully saturated rings. The minimum atomic E-state index is -0.497. The van der Waals surface area contributed by atoms with E-state index in [4.69, 9.17) is 17.3 Å². The van der Waals surface area contributed by atoms with Gasteiger partial charge in [-0.2, -0.15) is 0 Å². The van der Waals surface area contributed by atoms with Gasteiger partial charge in [-0.1, -0.05) is 29.8 Å². The Morgan fingerprint density at radius 3 is 2.83 bits per heavy atom. The van der Waals surface area contributed by atoms with Crippen molar-refractivity contribution >= 4 is 11.6 Å². The molecular weight excluding hydrogens is 177 g/mol. The monoisotopic (exact) mass is 185 g/mol. The number of halogens is 2. The number of benzene rings is 1. The number of rotatable bonds is 2. The van der Waals surface area contributed by atoms with Gasteiger partial charge in [0.1, 0.15) is 5.82 Å². The van der Waals surface area contributed by atoms with E-state index in [0.717, 1.165) is 0 Å². The van der Waals surface area contributed by atoms with Gasteiger partial charge in [0, 0.05) is 5.56 Å². The Morgan fingerprint density at radius 1 is 1.58 bits per heavy atom. The Bertz CT molecular complexity index is 299. The molecule has 0 heterocycles. The largest absolute Gasteiger partial charge is 0.321 e. The van der Waals surface area contributed by atoms with Crippen molar-refractivity contribution in [2.45, 2.75) is 6.04 Å². The molecule has 0 aliphatic carbocycles. The van der Waals surface area contributed by atoms with E-state index in [9.17, 15) is 4.39 Å². The summed E-state index contributed by atoms with van der Waals surface area (Å²) in [6, 6.07) is 4.23. The highest BCUT2D eigenvalue weighted by molar-refractivity contribution is 6.30. The van der Waals surface area contributed by atoms with E-state index in [1.54, 1.807) is 12.1 Å². The minimum absolute atomic E-state index is 0.0878. The molecule has 2 N–H and O–H groups in total. The standard InChI is InChI=1S/C9H9ClFN/c1-2-8(12)6-4-3-5-7(10)9(6)11/h2-5,8H,1,12H2. The second-order valence-electron chi connectivity index (χ2n) is 2.40. The molecule has 1 aromatic carbocycles. The van der Waals surface area contributed by atoms with E-state index >= 15 is 0 Å². The van der Waals surface area contributed by atoms with E-state index in [-0.39, 0.29) is 5.02 Å². The first-order valence-corrected chi connectivity index (χ1v) is 3.86. The van der Waals surface area contributed by atoms with Crippen LogP contribution in [0.1, 0.15) is 11.6 Å². The first-order valence-electron chi connectivity index (χ1n) is 3.49. The molecule has 3 heteroatoms. The van der Waals surface area contributed by atoms with Crippen molar-refractivity contribution in [3.05, 3.63) is 47.3 Å². The highest BCUT2D eigenvalue weighted by Gasteiger charge is 2.09. The summed E-state index contributed by atoms with van der Waals surface area (Å²) in [5.41, 5.74) is 5.92. The smallest absolute Gasteiger partial charge is 0.146 e. The van der Waals surface area contributed by atoms with Gasteiger partial charge in [0.2, 0.25) is 0 Å². The van der Waals surface area contributed by atoms with Crippen LogP contribution in [-0.2, 0) is 0 Å². The molecule has 0 saturated carbocycles. The molecule has 1 unspecified atom stereocenters. The van der Waals surface area contributed by atoms with Crippen molar-refractivity contribution in [3.63, 3.8) is 0 Å². The van der Waals surface area contributed by atoms with Crippen LogP contribution < -0.4 is 5.73 Å². The number of hydrogen-bond acceptors (Lipinski definition) is 1. The predicted octanol–water partition coefficient (Wildman–Crippen LogP) is 2.66. The molecule has 1 rings (SSSR count). The van der Waals surface area contributed by atoms with Gasteiger partial charge in [0.15, 0.2) is 0 Å². The third-order valence-electron chi connectivity index (χ3n) is 1.59. The zero-order valence-corrected chi connectivity index (χ0v) is 7.18. The Balaban J connectivity index is 3.15. The molecule has 1 atom stereocenters. The van der Waals surface area contributed by atoms with Gasteiger partial charge >= 0.3 is 0 Å².